The predicted molar refractivity (Wildman–Crippen MR) is 137 cm³/mol. The summed E-state index contributed by atoms with van der Waals surface area (Å²) >= 11 is 0. The minimum Gasteiger partial charge on any atom is -0.366 e. The molecular formula is C32H29FO2. The van der Waals surface area contributed by atoms with Gasteiger partial charge in [-0.2, -0.15) is 0 Å². The normalized spacial score (nSPS) is 17.8. The van der Waals surface area contributed by atoms with Gasteiger partial charge in [0.15, 0.2) is 0 Å². The van der Waals surface area contributed by atoms with Crippen LogP contribution in [0, 0.1) is 5.92 Å². The topological polar surface area (TPSA) is 18.5 Å². The highest BCUT2D eigenvalue weighted by atomic mass is 19.1. The van der Waals surface area contributed by atoms with Crippen molar-refractivity contribution >= 4 is 0 Å². The van der Waals surface area contributed by atoms with Gasteiger partial charge >= 0.3 is 0 Å². The lowest BCUT2D eigenvalue weighted by molar-refractivity contribution is -0.0108. The van der Waals surface area contributed by atoms with Crippen LogP contribution in [0.1, 0.15) is 28.7 Å². The van der Waals surface area contributed by atoms with Gasteiger partial charge in [0.25, 0.3) is 0 Å². The van der Waals surface area contributed by atoms with Gasteiger partial charge in [-0.1, -0.05) is 121 Å². The lowest BCUT2D eigenvalue weighted by Gasteiger charge is -2.36. The maximum atomic E-state index is 14.8. The van der Waals surface area contributed by atoms with Gasteiger partial charge in [0.1, 0.15) is 17.5 Å². The molecule has 0 unspecified atom stereocenters. The van der Waals surface area contributed by atoms with Crippen LogP contribution in [0.25, 0.3) is 0 Å². The zero-order valence-corrected chi connectivity index (χ0v) is 19.6. The Morgan fingerprint density at radius 2 is 1.11 bits per heavy atom. The third kappa shape index (κ3) is 5.12. The first-order chi connectivity index (χ1) is 17.3. The van der Waals surface area contributed by atoms with Gasteiger partial charge in [-0.05, 0) is 34.8 Å². The second-order valence-corrected chi connectivity index (χ2v) is 8.92. The Morgan fingerprint density at radius 3 is 1.60 bits per heavy atom. The Hall–Kier alpha value is -3.53. The van der Waals surface area contributed by atoms with E-state index in [-0.39, 0.29) is 11.7 Å². The number of ether oxygens (including phenoxy) is 2. The molecule has 0 bridgehead atoms. The standard InChI is InChI=1S/C32H29FO2/c33-30-21-26(22-31(30)34-23-25-13-5-1-6-14-25)24-35-32(27-15-7-2-8-16-27,28-17-9-3-10-18-28)29-19-11-4-12-20-29/h1-21,26,31H,22-24H2/t26-,31+/m0/s1. The molecule has 1 aliphatic rings. The Bertz CT molecular complexity index is 1130. The molecule has 0 saturated carbocycles. The van der Waals surface area contributed by atoms with Crippen molar-refractivity contribution in [2.45, 2.75) is 24.7 Å². The van der Waals surface area contributed by atoms with Crippen LogP contribution in [0.4, 0.5) is 4.39 Å². The molecule has 0 N–H and O–H groups in total. The number of rotatable bonds is 9. The quantitative estimate of drug-likeness (QED) is 0.239. The van der Waals surface area contributed by atoms with E-state index in [0.717, 1.165) is 22.3 Å². The van der Waals surface area contributed by atoms with Gasteiger partial charge < -0.3 is 9.47 Å². The fourth-order valence-electron chi connectivity index (χ4n) is 4.82. The molecule has 0 saturated heterocycles. The molecule has 5 rings (SSSR count). The van der Waals surface area contributed by atoms with Crippen molar-refractivity contribution in [1.82, 2.24) is 0 Å². The maximum Gasteiger partial charge on any atom is 0.143 e. The first kappa shape index (κ1) is 23.2. The molecule has 0 amide bonds. The molecule has 0 aromatic heterocycles. The molecule has 1 aliphatic carbocycles. The zero-order chi connectivity index (χ0) is 23.9. The monoisotopic (exact) mass is 464 g/mol. The van der Waals surface area contributed by atoms with Crippen LogP contribution in [0.2, 0.25) is 0 Å². The van der Waals surface area contributed by atoms with Crippen LogP contribution in [0.5, 0.6) is 0 Å². The van der Waals surface area contributed by atoms with E-state index in [1.165, 1.54) is 0 Å². The summed E-state index contributed by atoms with van der Waals surface area (Å²) in [6.45, 7) is 0.764. The highest BCUT2D eigenvalue weighted by molar-refractivity contribution is 5.47. The lowest BCUT2D eigenvalue weighted by Crippen LogP contribution is -2.34. The van der Waals surface area contributed by atoms with Gasteiger partial charge in [0.05, 0.1) is 13.2 Å². The van der Waals surface area contributed by atoms with Crippen molar-refractivity contribution < 1.29 is 13.9 Å². The largest absolute Gasteiger partial charge is 0.366 e. The van der Waals surface area contributed by atoms with E-state index < -0.39 is 11.7 Å². The van der Waals surface area contributed by atoms with Gasteiger partial charge in [-0.25, -0.2) is 4.39 Å². The SMILES string of the molecule is FC1=C[C@H](COC(c2ccccc2)(c2ccccc2)c2ccccc2)C[C@H]1OCc1ccccc1. The Labute approximate surface area is 206 Å². The zero-order valence-electron chi connectivity index (χ0n) is 19.6. The summed E-state index contributed by atoms with van der Waals surface area (Å²) in [6, 6.07) is 40.6. The maximum absolute atomic E-state index is 14.8. The molecule has 0 radical (unpaired) electrons. The van der Waals surface area contributed by atoms with E-state index in [1.807, 2.05) is 84.9 Å². The number of halogens is 1. The fourth-order valence-corrected chi connectivity index (χ4v) is 4.82. The van der Waals surface area contributed by atoms with Gasteiger partial charge in [0.2, 0.25) is 0 Å². The van der Waals surface area contributed by atoms with E-state index in [0.29, 0.717) is 19.6 Å². The summed E-state index contributed by atoms with van der Waals surface area (Å²) in [7, 11) is 0. The van der Waals surface area contributed by atoms with Gasteiger partial charge in [-0.15, -0.1) is 0 Å². The number of benzene rings is 4. The predicted octanol–water partition coefficient (Wildman–Crippen LogP) is 7.45. The lowest BCUT2D eigenvalue weighted by atomic mass is 9.80. The summed E-state index contributed by atoms with van der Waals surface area (Å²) in [5.41, 5.74) is 3.35. The van der Waals surface area contributed by atoms with Crippen molar-refractivity contribution in [3.63, 3.8) is 0 Å². The molecule has 4 aromatic rings. The molecule has 0 aliphatic heterocycles. The summed E-state index contributed by atoms with van der Waals surface area (Å²) in [4.78, 5) is 0. The Balaban J connectivity index is 1.40. The molecule has 2 atom stereocenters. The third-order valence-electron chi connectivity index (χ3n) is 6.57. The summed E-state index contributed by atoms with van der Waals surface area (Å²) in [5.74, 6) is -0.287. The first-order valence-electron chi connectivity index (χ1n) is 12.1. The van der Waals surface area contributed by atoms with E-state index >= 15 is 0 Å². The van der Waals surface area contributed by atoms with E-state index in [9.17, 15) is 4.39 Å². The van der Waals surface area contributed by atoms with E-state index in [2.05, 4.69) is 36.4 Å². The molecule has 0 fully saturated rings. The van der Waals surface area contributed by atoms with Crippen molar-refractivity contribution in [3.8, 4) is 0 Å². The van der Waals surface area contributed by atoms with Crippen LogP contribution in [0.15, 0.2) is 133 Å². The summed E-state index contributed by atoms with van der Waals surface area (Å²) in [5, 5.41) is 0. The second-order valence-electron chi connectivity index (χ2n) is 8.92. The number of hydrogen-bond donors (Lipinski definition) is 0. The van der Waals surface area contributed by atoms with Crippen LogP contribution < -0.4 is 0 Å². The van der Waals surface area contributed by atoms with E-state index in [4.69, 9.17) is 9.47 Å². The summed E-state index contributed by atoms with van der Waals surface area (Å²) < 4.78 is 27.6. The minimum absolute atomic E-state index is 0.0775. The van der Waals surface area contributed by atoms with Crippen molar-refractivity contribution in [1.29, 1.82) is 0 Å². The average molecular weight is 465 g/mol. The van der Waals surface area contributed by atoms with Crippen LogP contribution in [-0.4, -0.2) is 12.7 Å². The van der Waals surface area contributed by atoms with Crippen molar-refractivity contribution in [2.24, 2.45) is 5.92 Å². The van der Waals surface area contributed by atoms with Gasteiger partial charge in [-0.3, -0.25) is 0 Å². The highest BCUT2D eigenvalue weighted by Crippen LogP contribution is 2.41. The highest BCUT2D eigenvalue weighted by Gasteiger charge is 2.39. The van der Waals surface area contributed by atoms with Crippen molar-refractivity contribution in [3.05, 3.63) is 155 Å². The second kappa shape index (κ2) is 10.8. The molecule has 3 heteroatoms. The van der Waals surface area contributed by atoms with Crippen LogP contribution in [0.3, 0.4) is 0 Å². The van der Waals surface area contributed by atoms with Gasteiger partial charge in [0, 0.05) is 5.92 Å². The molecule has 4 aromatic carbocycles. The van der Waals surface area contributed by atoms with Crippen LogP contribution in [-0.2, 0) is 21.7 Å². The minimum atomic E-state index is -0.808. The van der Waals surface area contributed by atoms with Crippen molar-refractivity contribution in [2.75, 3.05) is 6.61 Å². The number of hydrogen-bond acceptors (Lipinski definition) is 2. The van der Waals surface area contributed by atoms with E-state index in [1.54, 1.807) is 6.08 Å². The fraction of sp³-hybridized carbons (Fsp3) is 0.188. The smallest absolute Gasteiger partial charge is 0.143 e. The Morgan fingerprint density at radius 1 is 0.657 bits per heavy atom. The average Bonchev–Trinajstić information content (AvgIpc) is 3.29. The molecule has 35 heavy (non-hydrogen) atoms. The molecule has 0 heterocycles. The molecule has 0 spiro atoms. The Kier molecular flexibility index (Phi) is 7.17. The summed E-state index contributed by atoms with van der Waals surface area (Å²) in [6.07, 6.45) is 1.69. The molecular weight excluding hydrogens is 435 g/mol. The first-order valence-corrected chi connectivity index (χ1v) is 12.1. The van der Waals surface area contributed by atoms with Crippen LogP contribution >= 0.6 is 0 Å². The third-order valence-corrected chi connectivity index (χ3v) is 6.57. The molecule has 2 nitrogen and oxygen atoms in total. The molecule has 176 valence electrons.